The molecule has 11 nitrogen and oxygen atoms in total. The maximum absolute atomic E-state index is 10.8. The summed E-state index contributed by atoms with van der Waals surface area (Å²) in [5.74, 6) is -1.19. The molecule has 4 heterocycles. The number of ether oxygens (including phenoxy) is 1. The number of hydrogen-bond donors (Lipinski definition) is 2. The fourth-order valence-electron chi connectivity index (χ4n) is 3.96. The molecule has 0 saturated heterocycles. The number of carbonyl (C=O) groups is 2. The van der Waals surface area contributed by atoms with E-state index in [0.717, 1.165) is 30.2 Å². The molecule has 2 N–H and O–H groups in total. The summed E-state index contributed by atoms with van der Waals surface area (Å²) < 4.78 is 5.56. The number of nitrogens with zero attached hydrogens (tertiary/aromatic N) is 6. The van der Waals surface area contributed by atoms with Crippen molar-refractivity contribution < 1.29 is 44.0 Å². The van der Waals surface area contributed by atoms with Crippen LogP contribution in [0.1, 0.15) is 64.1 Å². The van der Waals surface area contributed by atoms with Crippen molar-refractivity contribution in [3.8, 4) is 28.5 Å². The van der Waals surface area contributed by atoms with Gasteiger partial charge in [0.05, 0.1) is 40.5 Å². The third kappa shape index (κ3) is 19.6. The number of benzene rings is 1. The van der Waals surface area contributed by atoms with Crippen LogP contribution < -0.4 is 4.74 Å². The molecule has 0 aliphatic rings. The van der Waals surface area contributed by atoms with Crippen LogP contribution in [-0.4, -0.2) is 59.0 Å². The number of thiocarbonyl (C=S) groups is 2. The van der Waals surface area contributed by atoms with Crippen LogP contribution in [0.25, 0.3) is 39.7 Å². The molecule has 0 saturated carbocycles. The van der Waals surface area contributed by atoms with Gasteiger partial charge in [-0.25, -0.2) is 9.59 Å². The van der Waals surface area contributed by atoms with Crippen LogP contribution in [0.2, 0.25) is 0 Å². The Morgan fingerprint density at radius 2 is 1.09 bits per heavy atom. The van der Waals surface area contributed by atoms with Crippen molar-refractivity contribution in [3.05, 3.63) is 142 Å². The van der Waals surface area contributed by atoms with E-state index in [2.05, 4.69) is 83.4 Å². The smallest absolute Gasteiger partial charge is 0.753 e. The normalized spacial score (nSPS) is 9.21. The summed E-state index contributed by atoms with van der Waals surface area (Å²) in [5.41, 5.74) is 6.29. The number of aromatic carboxylic acids is 2. The summed E-state index contributed by atoms with van der Waals surface area (Å²) >= 11 is 7.40. The van der Waals surface area contributed by atoms with Crippen molar-refractivity contribution in [1.82, 2.24) is 19.9 Å². The first-order chi connectivity index (χ1) is 25.0. The summed E-state index contributed by atoms with van der Waals surface area (Å²) in [7, 11) is 0. The molecular formula is C39H38N6O5RuS2. The molecule has 0 atom stereocenters. The standard InChI is InChI=1S/C13H18O.C12H8N2O4.C12H12N2.2CNS.Ru/c1-3-5-11-14-13-9-7-12(6-4-2)8-10-13;15-11(16)7-1-3-13-9(5-7)10-6-8(12(17)18)2-4-14-10;1-9-3-5-13-11(7-9)12-8-10(2)4-6-14-12;2*2-1-3;/h4,6-10H,3,5,11H2,1-2H3;1-6H,(H,15,16)(H,17,18);3-8H,1-2H3;;;/q;;;2*-1;+2/b6-4+;;;;;. The van der Waals surface area contributed by atoms with E-state index in [1.54, 1.807) is 0 Å². The average molecular weight is 836 g/mol. The van der Waals surface area contributed by atoms with E-state index < -0.39 is 11.9 Å². The fraction of sp³-hybridized carbons (Fsp3) is 0.179. The fourth-order valence-corrected chi connectivity index (χ4v) is 3.96. The second-order valence-electron chi connectivity index (χ2n) is 10.4. The minimum absolute atomic E-state index is 0. The van der Waals surface area contributed by atoms with E-state index in [9.17, 15) is 9.59 Å². The zero-order chi connectivity index (χ0) is 38.7. The Labute approximate surface area is 333 Å². The number of rotatable bonds is 9. The number of carboxylic acid groups (broad SMARTS) is 2. The first kappa shape index (κ1) is 47.5. The minimum atomic E-state index is -1.08. The molecule has 0 unspecified atom stereocenters. The van der Waals surface area contributed by atoms with E-state index in [0.29, 0.717) is 11.4 Å². The predicted octanol–water partition coefficient (Wildman–Crippen LogP) is 9.51. The number of isothiocyanates is 2. The van der Waals surface area contributed by atoms with Crippen LogP contribution in [0.15, 0.2) is 104 Å². The van der Waals surface area contributed by atoms with Gasteiger partial charge < -0.3 is 25.8 Å². The molecule has 5 aromatic rings. The Morgan fingerprint density at radius 1 is 0.717 bits per heavy atom. The molecule has 0 aliphatic carbocycles. The molecule has 0 radical (unpaired) electrons. The molecule has 0 aliphatic heterocycles. The van der Waals surface area contributed by atoms with Gasteiger partial charge in [0.1, 0.15) is 5.75 Å². The molecule has 53 heavy (non-hydrogen) atoms. The number of allylic oxidation sites excluding steroid dienone is 1. The maximum atomic E-state index is 10.8. The van der Waals surface area contributed by atoms with E-state index in [1.807, 2.05) is 61.8 Å². The van der Waals surface area contributed by atoms with Crippen LogP contribution >= 0.6 is 24.4 Å². The van der Waals surface area contributed by atoms with Gasteiger partial charge in [-0.2, -0.15) is 10.3 Å². The van der Waals surface area contributed by atoms with Crippen molar-refractivity contribution in [2.45, 2.75) is 40.5 Å². The summed E-state index contributed by atoms with van der Waals surface area (Å²) in [4.78, 5) is 38.2. The van der Waals surface area contributed by atoms with Crippen molar-refractivity contribution in [2.75, 3.05) is 6.61 Å². The molecule has 0 bridgehead atoms. The van der Waals surface area contributed by atoms with Crippen molar-refractivity contribution in [3.63, 3.8) is 0 Å². The van der Waals surface area contributed by atoms with Crippen LogP contribution in [0.5, 0.6) is 5.75 Å². The minimum Gasteiger partial charge on any atom is -0.753 e. The average Bonchev–Trinajstić information content (AvgIpc) is 3.14. The van der Waals surface area contributed by atoms with E-state index in [1.165, 1.54) is 70.1 Å². The third-order valence-electron chi connectivity index (χ3n) is 6.38. The summed E-state index contributed by atoms with van der Waals surface area (Å²) in [6.07, 6.45) is 12.7. The quantitative estimate of drug-likeness (QED) is 0.0625. The summed E-state index contributed by atoms with van der Waals surface area (Å²) in [6.45, 7) is 9.12. The Morgan fingerprint density at radius 3 is 1.43 bits per heavy atom. The number of unbranched alkanes of at least 4 members (excludes halogenated alkanes) is 1. The molecule has 0 amide bonds. The molecule has 274 valence electrons. The Bertz CT molecular complexity index is 1850. The van der Waals surface area contributed by atoms with E-state index in [-0.39, 0.29) is 30.6 Å². The number of carboxylic acids is 2. The van der Waals surface area contributed by atoms with Gasteiger partial charge in [0, 0.05) is 24.8 Å². The number of pyridine rings is 4. The maximum Gasteiger partial charge on any atom is 2.00 e. The second-order valence-corrected chi connectivity index (χ2v) is 10.7. The molecule has 0 spiro atoms. The molecule has 1 aromatic carbocycles. The predicted molar refractivity (Wildman–Crippen MR) is 212 cm³/mol. The van der Waals surface area contributed by atoms with Crippen LogP contribution in [-0.2, 0) is 19.5 Å². The van der Waals surface area contributed by atoms with Crippen molar-refractivity contribution >= 4 is 52.8 Å². The zero-order valence-corrected chi connectivity index (χ0v) is 32.9. The van der Waals surface area contributed by atoms with Gasteiger partial charge in [-0.3, -0.25) is 19.9 Å². The second kappa shape index (κ2) is 28.2. The molecule has 14 heteroatoms. The number of aromatic nitrogens is 4. The molecule has 0 fully saturated rings. The SMILES string of the molecule is C/C=C/c1ccc(OCCCC)cc1.Cc1ccnc(-c2cc(C)ccn2)c1.O=C(O)c1ccnc(-c2cc(C(=O)O)ccn2)c1.[N-]=C=S.[N-]=C=S.[Ru+2]. The van der Waals surface area contributed by atoms with Crippen LogP contribution in [0.4, 0.5) is 0 Å². The topological polar surface area (TPSA) is 180 Å². The van der Waals surface area contributed by atoms with Gasteiger partial charge in [0.25, 0.3) is 0 Å². The van der Waals surface area contributed by atoms with Gasteiger partial charge in [-0.15, -0.1) is 0 Å². The van der Waals surface area contributed by atoms with Gasteiger partial charge in [0.2, 0.25) is 0 Å². The number of hydrogen-bond acceptors (Lipinski definition) is 9. The van der Waals surface area contributed by atoms with E-state index >= 15 is 0 Å². The summed E-state index contributed by atoms with van der Waals surface area (Å²) in [5, 5.41) is 34.6. The van der Waals surface area contributed by atoms with Crippen molar-refractivity contribution in [2.24, 2.45) is 0 Å². The van der Waals surface area contributed by atoms with Crippen LogP contribution in [0.3, 0.4) is 0 Å². The Hall–Kier alpha value is -5.48. The van der Waals surface area contributed by atoms with Gasteiger partial charge in [-0.1, -0.05) is 62.1 Å². The zero-order valence-electron chi connectivity index (χ0n) is 29.5. The first-order valence-corrected chi connectivity index (χ1v) is 16.5. The number of aryl methyl sites for hydroxylation is 2. The van der Waals surface area contributed by atoms with Crippen LogP contribution in [0, 0.1) is 13.8 Å². The van der Waals surface area contributed by atoms with Gasteiger partial charge in [0.15, 0.2) is 0 Å². The molecule has 4 aromatic heterocycles. The first-order valence-electron chi connectivity index (χ1n) is 15.7. The van der Waals surface area contributed by atoms with Crippen molar-refractivity contribution in [1.29, 1.82) is 0 Å². The molecule has 5 rings (SSSR count). The largest absolute Gasteiger partial charge is 2.00 e. The van der Waals surface area contributed by atoms with Gasteiger partial charge in [-0.05, 0) is 105 Å². The monoisotopic (exact) mass is 836 g/mol. The Kier molecular flexibility index (Phi) is 25.2. The summed E-state index contributed by atoms with van der Waals surface area (Å²) in [6, 6.07) is 21.6. The Balaban J connectivity index is 0.000000711. The third-order valence-corrected chi connectivity index (χ3v) is 6.38. The van der Waals surface area contributed by atoms with Gasteiger partial charge >= 0.3 is 31.4 Å². The van der Waals surface area contributed by atoms with E-state index in [4.69, 9.17) is 25.8 Å². The molecular weight excluding hydrogens is 798 g/mol.